The molecule has 0 aromatic rings. The minimum absolute atomic E-state index is 0.843. The van der Waals surface area contributed by atoms with E-state index < -0.39 is 0 Å². The van der Waals surface area contributed by atoms with Crippen LogP contribution in [0.1, 0.15) is 44.9 Å². The van der Waals surface area contributed by atoms with Gasteiger partial charge in [-0.05, 0) is 44.6 Å². The van der Waals surface area contributed by atoms with Gasteiger partial charge in [0.2, 0.25) is 0 Å². The highest BCUT2D eigenvalue weighted by Gasteiger charge is 2.28. The third-order valence-electron chi connectivity index (χ3n) is 3.96. The molecule has 0 aliphatic heterocycles. The lowest BCUT2D eigenvalue weighted by molar-refractivity contribution is 0.314. The Morgan fingerprint density at radius 1 is 0.917 bits per heavy atom. The molecule has 2 rings (SSSR count). The van der Waals surface area contributed by atoms with Crippen molar-refractivity contribution in [3.8, 4) is 0 Å². The number of hydrogen-bond donors (Lipinski definition) is 1. The molecule has 2 saturated carbocycles. The van der Waals surface area contributed by atoms with Gasteiger partial charge in [0.1, 0.15) is 0 Å². The van der Waals surface area contributed by atoms with Crippen molar-refractivity contribution >= 4 is 0 Å². The summed E-state index contributed by atoms with van der Waals surface area (Å²) in [7, 11) is 2.14. The van der Waals surface area contributed by atoms with Crippen LogP contribution >= 0.6 is 0 Å². The van der Waals surface area contributed by atoms with Crippen LogP contribution in [0.25, 0.3) is 0 Å². The third-order valence-corrected chi connectivity index (χ3v) is 3.96. The Hall–Kier alpha value is -0.0400. The maximum Gasteiger partial charge on any atom is 0.00924 e. The minimum Gasteiger partial charge on any atom is -0.317 e. The topological polar surface area (TPSA) is 12.0 Å². The Morgan fingerprint density at radius 2 is 1.75 bits per heavy atom. The summed E-state index contributed by atoms with van der Waals surface area (Å²) in [4.78, 5) is 0. The van der Waals surface area contributed by atoms with Crippen LogP contribution in [0.5, 0.6) is 0 Å². The minimum atomic E-state index is 0.843. The number of nitrogens with one attached hydrogen (secondary N) is 1. The second-order valence-electron chi connectivity index (χ2n) is 4.61. The Morgan fingerprint density at radius 3 is 2.58 bits per heavy atom. The summed E-state index contributed by atoms with van der Waals surface area (Å²) in [6, 6.07) is 0.843. The highest BCUT2D eigenvalue weighted by Crippen LogP contribution is 2.37. The van der Waals surface area contributed by atoms with Crippen LogP contribution in [0.4, 0.5) is 0 Å². The number of rotatable bonds is 1. The van der Waals surface area contributed by atoms with Gasteiger partial charge in [-0.1, -0.05) is 19.3 Å². The van der Waals surface area contributed by atoms with E-state index in [1.807, 2.05) is 0 Å². The Balaban J connectivity index is 2.03. The Bertz CT molecular complexity index is 144. The normalized spacial score (nSPS) is 42.2. The van der Waals surface area contributed by atoms with Gasteiger partial charge >= 0.3 is 0 Å². The van der Waals surface area contributed by atoms with E-state index in [9.17, 15) is 0 Å². The molecule has 2 aliphatic carbocycles. The second-order valence-corrected chi connectivity index (χ2v) is 4.61. The number of fused-ring (bicyclic) bond motifs is 3. The third kappa shape index (κ3) is 1.66. The quantitative estimate of drug-likeness (QED) is 0.633. The first kappa shape index (κ1) is 8.55. The summed E-state index contributed by atoms with van der Waals surface area (Å²) >= 11 is 0. The van der Waals surface area contributed by atoms with Crippen LogP contribution in [0.3, 0.4) is 0 Å². The first-order valence-electron chi connectivity index (χ1n) is 5.57. The zero-order valence-electron chi connectivity index (χ0n) is 8.18. The summed E-state index contributed by atoms with van der Waals surface area (Å²) in [5.74, 6) is 2.08. The molecule has 0 heterocycles. The van der Waals surface area contributed by atoms with Gasteiger partial charge in [-0.3, -0.25) is 0 Å². The predicted octanol–water partition coefficient (Wildman–Crippen LogP) is 2.56. The average molecular weight is 167 g/mol. The van der Waals surface area contributed by atoms with Crippen LogP contribution in [-0.4, -0.2) is 13.1 Å². The van der Waals surface area contributed by atoms with Crippen molar-refractivity contribution in [3.05, 3.63) is 0 Å². The average Bonchev–Trinajstić information content (AvgIpc) is 2.37. The van der Waals surface area contributed by atoms with Crippen molar-refractivity contribution in [2.24, 2.45) is 11.8 Å². The molecule has 3 unspecified atom stereocenters. The van der Waals surface area contributed by atoms with E-state index in [-0.39, 0.29) is 0 Å². The summed E-state index contributed by atoms with van der Waals surface area (Å²) in [5, 5.41) is 3.50. The van der Waals surface area contributed by atoms with Gasteiger partial charge < -0.3 is 5.32 Å². The molecule has 12 heavy (non-hydrogen) atoms. The van der Waals surface area contributed by atoms with Crippen LogP contribution in [0.15, 0.2) is 0 Å². The molecule has 70 valence electrons. The molecule has 1 heteroatoms. The van der Waals surface area contributed by atoms with Crippen LogP contribution in [0, 0.1) is 11.8 Å². The second kappa shape index (κ2) is 3.78. The molecule has 0 aromatic carbocycles. The molecule has 1 nitrogen and oxygen atoms in total. The molecule has 2 bridgehead atoms. The van der Waals surface area contributed by atoms with Crippen molar-refractivity contribution in [2.45, 2.75) is 51.0 Å². The smallest absolute Gasteiger partial charge is 0.00924 e. The van der Waals surface area contributed by atoms with Gasteiger partial charge in [-0.25, -0.2) is 0 Å². The van der Waals surface area contributed by atoms with Gasteiger partial charge in [0.25, 0.3) is 0 Å². The molecular weight excluding hydrogens is 146 g/mol. The molecule has 0 radical (unpaired) electrons. The lowest BCUT2D eigenvalue weighted by atomic mass is 9.88. The van der Waals surface area contributed by atoms with Crippen molar-refractivity contribution in [1.82, 2.24) is 5.32 Å². The van der Waals surface area contributed by atoms with E-state index in [0.717, 1.165) is 17.9 Å². The summed E-state index contributed by atoms with van der Waals surface area (Å²) in [5.41, 5.74) is 0. The fraction of sp³-hybridized carbons (Fsp3) is 1.00. The van der Waals surface area contributed by atoms with Gasteiger partial charge in [-0.2, -0.15) is 0 Å². The fourth-order valence-corrected chi connectivity index (χ4v) is 3.13. The zero-order valence-corrected chi connectivity index (χ0v) is 8.18. The van der Waals surface area contributed by atoms with Gasteiger partial charge in [0.15, 0.2) is 0 Å². The van der Waals surface area contributed by atoms with E-state index in [1.54, 1.807) is 0 Å². The fourth-order valence-electron chi connectivity index (χ4n) is 3.13. The molecule has 0 amide bonds. The molecule has 0 saturated heterocycles. The lowest BCUT2D eigenvalue weighted by Crippen LogP contribution is -2.33. The van der Waals surface area contributed by atoms with Crippen LogP contribution < -0.4 is 5.32 Å². The van der Waals surface area contributed by atoms with E-state index in [2.05, 4.69) is 12.4 Å². The van der Waals surface area contributed by atoms with Crippen LogP contribution in [0.2, 0.25) is 0 Å². The standard InChI is InChI=1S/C11H21N/c1-12-11-8-6-9-3-2-4-10(11)7-5-9/h9-12H,2-8H2,1H3. The Labute approximate surface area is 75.9 Å². The zero-order chi connectivity index (χ0) is 8.39. The monoisotopic (exact) mass is 167 g/mol. The van der Waals surface area contributed by atoms with Crippen molar-refractivity contribution < 1.29 is 0 Å². The molecule has 3 atom stereocenters. The van der Waals surface area contributed by atoms with Gasteiger partial charge in [0.05, 0.1) is 0 Å². The van der Waals surface area contributed by atoms with Gasteiger partial charge in [-0.15, -0.1) is 0 Å². The molecule has 0 spiro atoms. The highest BCUT2D eigenvalue weighted by molar-refractivity contribution is 4.84. The van der Waals surface area contributed by atoms with Gasteiger partial charge in [0, 0.05) is 6.04 Å². The Kier molecular flexibility index (Phi) is 2.69. The first-order valence-corrected chi connectivity index (χ1v) is 5.57. The molecular formula is C11H21N. The maximum atomic E-state index is 3.50. The van der Waals surface area contributed by atoms with Crippen LogP contribution in [-0.2, 0) is 0 Å². The SMILES string of the molecule is CNC1CCC2CCCC1CC2. The number of hydrogen-bond acceptors (Lipinski definition) is 1. The van der Waals surface area contributed by atoms with Crippen molar-refractivity contribution in [1.29, 1.82) is 0 Å². The summed E-state index contributed by atoms with van der Waals surface area (Å²) in [6.07, 6.45) is 10.4. The highest BCUT2D eigenvalue weighted by atomic mass is 14.9. The molecule has 2 aliphatic rings. The van der Waals surface area contributed by atoms with Crippen molar-refractivity contribution in [2.75, 3.05) is 7.05 Å². The molecule has 0 aromatic heterocycles. The summed E-state index contributed by atoms with van der Waals surface area (Å²) in [6.45, 7) is 0. The largest absolute Gasteiger partial charge is 0.317 e. The van der Waals surface area contributed by atoms with E-state index in [1.165, 1.54) is 44.9 Å². The lowest BCUT2D eigenvalue weighted by Gasteiger charge is -2.25. The maximum absolute atomic E-state index is 3.50. The molecule has 1 N–H and O–H groups in total. The van der Waals surface area contributed by atoms with E-state index >= 15 is 0 Å². The predicted molar refractivity (Wildman–Crippen MR) is 52.1 cm³/mol. The first-order chi connectivity index (χ1) is 5.90. The van der Waals surface area contributed by atoms with E-state index in [0.29, 0.717) is 0 Å². The van der Waals surface area contributed by atoms with Crippen molar-refractivity contribution in [3.63, 3.8) is 0 Å². The van der Waals surface area contributed by atoms with E-state index in [4.69, 9.17) is 0 Å². The molecule has 2 fully saturated rings. The summed E-state index contributed by atoms with van der Waals surface area (Å²) < 4.78 is 0.